The maximum Gasteiger partial charge on any atom is 0.211 e. The fraction of sp³-hybridized carbons (Fsp3) is 0.400. The number of aromatic nitrogens is 1. The number of hydrogen-bond donors (Lipinski definition) is 1. The summed E-state index contributed by atoms with van der Waals surface area (Å²) in [6, 6.07) is 9.35. The quantitative estimate of drug-likeness (QED) is 0.676. The lowest BCUT2D eigenvalue weighted by molar-refractivity contribution is 0.317. The Hall–Kier alpha value is -1.86. The van der Waals surface area contributed by atoms with Crippen molar-refractivity contribution >= 4 is 10.0 Å². The van der Waals surface area contributed by atoms with Crippen LogP contribution in [-0.4, -0.2) is 32.5 Å². The molecule has 1 heterocycles. The summed E-state index contributed by atoms with van der Waals surface area (Å²) in [5.41, 5.74) is 0.968. The molecule has 0 atom stereocenters. The van der Waals surface area contributed by atoms with Crippen LogP contribution in [0.5, 0.6) is 5.75 Å². The van der Waals surface area contributed by atoms with Gasteiger partial charge in [-0.25, -0.2) is 13.1 Å². The topological polar surface area (TPSA) is 81.4 Å². The molecule has 0 bridgehead atoms. The summed E-state index contributed by atoms with van der Waals surface area (Å²) in [7, 11) is -3.25. The van der Waals surface area contributed by atoms with Crippen LogP contribution < -0.4 is 9.46 Å². The molecule has 0 radical (unpaired) electrons. The maximum atomic E-state index is 11.8. The number of aryl methyl sites for hydroxylation is 1. The van der Waals surface area contributed by atoms with E-state index in [-0.39, 0.29) is 5.75 Å². The highest BCUT2D eigenvalue weighted by atomic mass is 32.2. The van der Waals surface area contributed by atoms with E-state index in [1.165, 1.54) is 0 Å². The van der Waals surface area contributed by atoms with Crippen molar-refractivity contribution in [2.24, 2.45) is 0 Å². The van der Waals surface area contributed by atoms with E-state index in [2.05, 4.69) is 9.88 Å². The number of sulfonamides is 1. The Morgan fingerprint density at radius 1 is 1.18 bits per heavy atom. The number of nitrogens with zero attached hydrogens (tertiary/aromatic N) is 1. The summed E-state index contributed by atoms with van der Waals surface area (Å²) in [5, 5.41) is 3.60. The molecule has 0 aliphatic heterocycles. The lowest BCUT2D eigenvalue weighted by Gasteiger charge is -2.08. The van der Waals surface area contributed by atoms with Crippen molar-refractivity contribution in [1.29, 1.82) is 0 Å². The van der Waals surface area contributed by atoms with Crippen LogP contribution in [0.2, 0.25) is 0 Å². The van der Waals surface area contributed by atoms with Gasteiger partial charge in [-0.05, 0) is 31.4 Å². The third-order valence-corrected chi connectivity index (χ3v) is 4.49. The minimum atomic E-state index is -3.25. The number of hydrogen-bond acceptors (Lipinski definition) is 5. The third-order valence-electron chi connectivity index (χ3n) is 3.02. The van der Waals surface area contributed by atoms with E-state index >= 15 is 0 Å². The second kappa shape index (κ2) is 8.55. The highest BCUT2D eigenvalue weighted by Crippen LogP contribution is 2.08. The van der Waals surface area contributed by atoms with Crippen LogP contribution in [0.25, 0.3) is 0 Å². The van der Waals surface area contributed by atoms with Gasteiger partial charge in [0.25, 0.3) is 0 Å². The van der Waals surface area contributed by atoms with Crippen LogP contribution >= 0.6 is 0 Å². The van der Waals surface area contributed by atoms with Crippen molar-refractivity contribution in [1.82, 2.24) is 9.88 Å². The van der Waals surface area contributed by atoms with Gasteiger partial charge < -0.3 is 9.26 Å². The molecule has 0 aliphatic carbocycles. The molecular weight excluding hydrogens is 304 g/mol. The van der Waals surface area contributed by atoms with Gasteiger partial charge in [-0.2, -0.15) is 0 Å². The SMILES string of the molecule is O=S(=O)(CCCOc1ccccc1)NCCCc1cnoc1. The predicted molar refractivity (Wildman–Crippen MR) is 83.2 cm³/mol. The zero-order valence-corrected chi connectivity index (χ0v) is 13.1. The Balaban J connectivity index is 1.57. The van der Waals surface area contributed by atoms with Gasteiger partial charge in [0.2, 0.25) is 10.0 Å². The fourth-order valence-corrected chi connectivity index (χ4v) is 3.00. The van der Waals surface area contributed by atoms with Crippen molar-refractivity contribution < 1.29 is 17.7 Å². The van der Waals surface area contributed by atoms with Gasteiger partial charge >= 0.3 is 0 Å². The molecule has 7 heteroatoms. The van der Waals surface area contributed by atoms with E-state index in [4.69, 9.17) is 9.26 Å². The molecule has 2 rings (SSSR count). The largest absolute Gasteiger partial charge is 0.494 e. The maximum absolute atomic E-state index is 11.8. The number of nitrogens with one attached hydrogen (secondary N) is 1. The summed E-state index contributed by atoms with van der Waals surface area (Å²) in [6.07, 6.45) is 5.10. The van der Waals surface area contributed by atoms with Crippen molar-refractivity contribution in [3.05, 3.63) is 48.4 Å². The molecular formula is C15H20N2O4S. The number of rotatable bonds is 10. The van der Waals surface area contributed by atoms with Gasteiger partial charge in [-0.3, -0.25) is 0 Å². The van der Waals surface area contributed by atoms with Crippen LogP contribution in [0.4, 0.5) is 0 Å². The molecule has 0 spiro atoms. The van der Waals surface area contributed by atoms with Crippen LogP contribution in [-0.2, 0) is 16.4 Å². The first kappa shape index (κ1) is 16.5. The number of ether oxygens (including phenoxy) is 1. The van der Waals surface area contributed by atoms with Crippen molar-refractivity contribution in [3.8, 4) is 5.75 Å². The predicted octanol–water partition coefficient (Wildman–Crippen LogP) is 2.00. The minimum absolute atomic E-state index is 0.0626. The number of para-hydroxylation sites is 1. The van der Waals surface area contributed by atoms with Gasteiger partial charge in [-0.1, -0.05) is 23.4 Å². The van der Waals surface area contributed by atoms with Crippen molar-refractivity contribution in [2.45, 2.75) is 19.3 Å². The summed E-state index contributed by atoms with van der Waals surface area (Å²) >= 11 is 0. The van der Waals surface area contributed by atoms with E-state index in [9.17, 15) is 8.42 Å². The van der Waals surface area contributed by atoms with Crippen molar-refractivity contribution in [3.63, 3.8) is 0 Å². The van der Waals surface area contributed by atoms with E-state index in [0.29, 0.717) is 26.0 Å². The van der Waals surface area contributed by atoms with Crippen LogP contribution in [0, 0.1) is 0 Å². The summed E-state index contributed by atoms with van der Waals surface area (Å²) < 4.78 is 36.4. The van der Waals surface area contributed by atoms with Crippen LogP contribution in [0.1, 0.15) is 18.4 Å². The summed E-state index contributed by atoms with van der Waals surface area (Å²) in [5.74, 6) is 0.814. The molecule has 6 nitrogen and oxygen atoms in total. The number of benzene rings is 1. The molecule has 22 heavy (non-hydrogen) atoms. The first-order valence-electron chi connectivity index (χ1n) is 7.19. The summed E-state index contributed by atoms with van der Waals surface area (Å²) in [6.45, 7) is 0.790. The molecule has 0 aliphatic rings. The molecule has 1 N–H and O–H groups in total. The Morgan fingerprint density at radius 3 is 2.73 bits per heavy atom. The highest BCUT2D eigenvalue weighted by Gasteiger charge is 2.09. The average Bonchev–Trinajstić information content (AvgIpc) is 3.03. The zero-order valence-electron chi connectivity index (χ0n) is 12.3. The molecule has 0 unspecified atom stereocenters. The van der Waals surface area contributed by atoms with Gasteiger partial charge in [-0.15, -0.1) is 0 Å². The Kier molecular flexibility index (Phi) is 6.42. The van der Waals surface area contributed by atoms with Gasteiger partial charge in [0.05, 0.1) is 18.6 Å². The Morgan fingerprint density at radius 2 is 2.00 bits per heavy atom. The van der Waals surface area contributed by atoms with E-state index < -0.39 is 10.0 Å². The second-order valence-corrected chi connectivity index (χ2v) is 6.79. The van der Waals surface area contributed by atoms with E-state index in [1.54, 1.807) is 12.5 Å². The highest BCUT2D eigenvalue weighted by molar-refractivity contribution is 7.89. The molecule has 0 fully saturated rings. The molecule has 0 saturated heterocycles. The van der Waals surface area contributed by atoms with Crippen molar-refractivity contribution in [2.75, 3.05) is 18.9 Å². The normalized spacial score (nSPS) is 11.5. The second-order valence-electron chi connectivity index (χ2n) is 4.86. The van der Waals surface area contributed by atoms with Gasteiger partial charge in [0.15, 0.2) is 0 Å². The Bertz CT molecular complexity index is 627. The molecule has 0 amide bonds. The van der Waals surface area contributed by atoms with Crippen LogP contribution in [0.15, 0.2) is 47.3 Å². The van der Waals surface area contributed by atoms with Crippen LogP contribution in [0.3, 0.4) is 0 Å². The fourth-order valence-electron chi connectivity index (χ4n) is 1.90. The third kappa shape index (κ3) is 6.28. The monoisotopic (exact) mass is 324 g/mol. The van der Waals surface area contributed by atoms with E-state index in [0.717, 1.165) is 17.7 Å². The van der Waals surface area contributed by atoms with Gasteiger partial charge in [0, 0.05) is 12.1 Å². The lowest BCUT2D eigenvalue weighted by Crippen LogP contribution is -2.28. The first-order valence-corrected chi connectivity index (χ1v) is 8.84. The smallest absolute Gasteiger partial charge is 0.211 e. The minimum Gasteiger partial charge on any atom is -0.494 e. The molecule has 120 valence electrons. The summed E-state index contributed by atoms with van der Waals surface area (Å²) in [4.78, 5) is 0. The zero-order chi connectivity index (χ0) is 15.7. The molecule has 1 aromatic carbocycles. The lowest BCUT2D eigenvalue weighted by atomic mass is 10.2. The van der Waals surface area contributed by atoms with Gasteiger partial charge in [0.1, 0.15) is 12.0 Å². The molecule has 0 saturated carbocycles. The Labute approximate surface area is 130 Å². The first-order chi connectivity index (χ1) is 10.7. The molecule has 1 aromatic heterocycles. The molecule has 2 aromatic rings. The van der Waals surface area contributed by atoms with E-state index in [1.807, 2.05) is 30.3 Å². The standard InChI is InChI=1S/C15H20N2O4S/c18-22(19,17-9-4-6-14-12-16-21-13-14)11-5-10-20-15-7-2-1-3-8-15/h1-3,7-8,12-13,17H,4-6,9-11H2. The average molecular weight is 324 g/mol.